The molecule has 3 aromatic rings. The molecule has 33 heavy (non-hydrogen) atoms. The summed E-state index contributed by atoms with van der Waals surface area (Å²) in [6, 6.07) is 10.0. The number of nitrogens with zero attached hydrogens (tertiary/aromatic N) is 3. The summed E-state index contributed by atoms with van der Waals surface area (Å²) in [7, 11) is 2.98. The second-order valence-electron chi connectivity index (χ2n) is 7.10. The summed E-state index contributed by atoms with van der Waals surface area (Å²) < 4.78 is 40.7. The van der Waals surface area contributed by atoms with Crippen LogP contribution in [0.15, 0.2) is 36.4 Å². The largest absolute Gasteiger partial charge is 0.493 e. The number of hydrogen-bond acceptors (Lipinski definition) is 6. The Morgan fingerprint density at radius 1 is 1.21 bits per heavy atom. The van der Waals surface area contributed by atoms with Crippen LogP contribution in [0, 0.1) is 0 Å². The van der Waals surface area contributed by atoms with Crippen LogP contribution in [0.25, 0.3) is 5.69 Å². The normalized spacial score (nSPS) is 17.6. The summed E-state index contributed by atoms with van der Waals surface area (Å²) in [6.07, 6.45) is -0.388. The quantitative estimate of drug-likeness (QED) is 0.429. The van der Waals surface area contributed by atoms with E-state index in [4.69, 9.17) is 32.7 Å². The molecule has 2 unspecified atom stereocenters. The van der Waals surface area contributed by atoms with E-state index in [0.29, 0.717) is 33.3 Å². The van der Waals surface area contributed by atoms with Crippen molar-refractivity contribution in [3.63, 3.8) is 0 Å². The molecule has 0 aliphatic carbocycles. The third-order valence-electron chi connectivity index (χ3n) is 5.12. The Morgan fingerprint density at radius 2 is 1.97 bits per heavy atom. The fraction of sp³-hybridized carbons (Fsp3) is 0.286. The maximum absolute atomic E-state index is 14.3. The lowest BCUT2D eigenvalue weighted by atomic mass is 10.0. The number of hydrogen-bond donors (Lipinski definition) is 1. The van der Waals surface area contributed by atoms with Crippen LogP contribution in [0.1, 0.15) is 39.7 Å². The van der Waals surface area contributed by atoms with Gasteiger partial charge in [0.2, 0.25) is 5.82 Å². The Bertz CT molecular complexity index is 1220. The van der Waals surface area contributed by atoms with E-state index in [-0.39, 0.29) is 12.2 Å². The molecule has 0 spiro atoms. The highest BCUT2D eigenvalue weighted by atomic mass is 35.5. The van der Waals surface area contributed by atoms with Crippen molar-refractivity contribution in [1.29, 1.82) is 0 Å². The molecule has 7 nitrogen and oxygen atoms in total. The van der Waals surface area contributed by atoms with Crippen molar-refractivity contribution in [1.82, 2.24) is 14.8 Å². The van der Waals surface area contributed by atoms with E-state index in [1.165, 1.54) is 26.0 Å². The van der Waals surface area contributed by atoms with E-state index in [2.05, 4.69) is 10.2 Å². The first kappa shape index (κ1) is 23.6. The van der Waals surface area contributed by atoms with Crippen LogP contribution >= 0.6 is 35.0 Å². The molecule has 0 bridgehead atoms. The minimum absolute atomic E-state index is 0.0469. The van der Waals surface area contributed by atoms with E-state index >= 15 is 0 Å². The molecule has 1 N–H and O–H groups in total. The Kier molecular flexibility index (Phi) is 6.43. The van der Waals surface area contributed by atoms with Crippen molar-refractivity contribution >= 4 is 40.9 Å². The third-order valence-corrected chi connectivity index (χ3v) is 7.01. The van der Waals surface area contributed by atoms with Crippen molar-refractivity contribution in [2.45, 2.75) is 22.3 Å². The van der Waals surface area contributed by atoms with Gasteiger partial charge in [-0.2, -0.15) is 8.78 Å². The van der Waals surface area contributed by atoms with Gasteiger partial charge in [-0.3, -0.25) is 9.36 Å². The fourth-order valence-corrected chi connectivity index (χ4v) is 5.63. The maximum Gasteiger partial charge on any atom is 0.382 e. The van der Waals surface area contributed by atoms with Crippen LogP contribution in [0.2, 0.25) is 5.02 Å². The van der Waals surface area contributed by atoms with Crippen molar-refractivity contribution in [3.8, 4) is 17.2 Å². The molecule has 12 heteroatoms. The number of aliphatic carboxylic acids is 1. The molecule has 0 saturated heterocycles. The minimum Gasteiger partial charge on any atom is -0.493 e. The van der Waals surface area contributed by atoms with Gasteiger partial charge in [0.05, 0.1) is 36.8 Å². The third kappa shape index (κ3) is 4.34. The number of para-hydroxylation sites is 1. The molecule has 0 fully saturated rings. The first-order chi connectivity index (χ1) is 15.7. The lowest BCUT2D eigenvalue weighted by molar-refractivity contribution is -0.137. The molecule has 1 aliphatic rings. The summed E-state index contributed by atoms with van der Waals surface area (Å²) >= 11 is 12.8. The topological polar surface area (TPSA) is 86.5 Å². The summed E-state index contributed by atoms with van der Waals surface area (Å²) in [4.78, 5) is 11.7. The van der Waals surface area contributed by atoms with Crippen molar-refractivity contribution in [2.75, 3.05) is 14.2 Å². The molecule has 174 valence electrons. The number of fused-ring (bicyclic) bond motifs is 3. The SMILES string of the molecule is COc1cccc(C2SC(CC(=O)O)c3nnc(C(F)(F)Cl)n3-c3ccc(Cl)cc32)c1OC. The number of alkyl halides is 3. The lowest BCUT2D eigenvalue weighted by Crippen LogP contribution is -2.16. The van der Waals surface area contributed by atoms with Crippen LogP contribution in [0.3, 0.4) is 0 Å². The summed E-state index contributed by atoms with van der Waals surface area (Å²) in [5, 5.41) is 12.2. The lowest BCUT2D eigenvalue weighted by Gasteiger charge is -2.23. The molecule has 1 aliphatic heterocycles. The molecule has 2 atom stereocenters. The standard InChI is InChI=1S/C21H17Cl2F2N3O4S/c1-31-14-5-3-4-11(17(14)32-2)18-12-8-10(22)6-7-13(12)28-19(15(33-18)9-16(29)30)26-27-20(28)21(23,24)25/h3-8,15,18H,9H2,1-2H3,(H,29,30). The minimum atomic E-state index is -3.84. The van der Waals surface area contributed by atoms with E-state index in [0.717, 1.165) is 4.57 Å². The van der Waals surface area contributed by atoms with Crippen LogP contribution in [0.5, 0.6) is 11.5 Å². The highest BCUT2D eigenvalue weighted by Crippen LogP contribution is 2.54. The molecule has 0 radical (unpaired) electrons. The van der Waals surface area contributed by atoms with E-state index < -0.39 is 27.7 Å². The van der Waals surface area contributed by atoms with Crippen LogP contribution < -0.4 is 9.47 Å². The van der Waals surface area contributed by atoms with E-state index in [1.807, 2.05) is 0 Å². The summed E-state index contributed by atoms with van der Waals surface area (Å²) in [5.74, 6) is -0.993. The van der Waals surface area contributed by atoms with Gasteiger partial charge in [-0.05, 0) is 41.4 Å². The van der Waals surface area contributed by atoms with Gasteiger partial charge in [-0.15, -0.1) is 22.0 Å². The fourth-order valence-electron chi connectivity index (χ4n) is 3.82. The number of carboxylic acid groups (broad SMARTS) is 1. The van der Waals surface area contributed by atoms with Gasteiger partial charge in [0, 0.05) is 10.6 Å². The van der Waals surface area contributed by atoms with Crippen LogP contribution in [0.4, 0.5) is 8.78 Å². The highest BCUT2D eigenvalue weighted by molar-refractivity contribution is 8.00. The number of benzene rings is 2. The number of carbonyl (C=O) groups is 1. The molecule has 2 heterocycles. The number of thioether (sulfide) groups is 1. The molecule has 0 amide bonds. The number of halogens is 4. The molecule has 2 aromatic carbocycles. The monoisotopic (exact) mass is 515 g/mol. The molecule has 0 saturated carbocycles. The number of carboxylic acids is 1. The van der Waals surface area contributed by atoms with Gasteiger partial charge in [-0.1, -0.05) is 23.7 Å². The molecular weight excluding hydrogens is 499 g/mol. The summed E-state index contributed by atoms with van der Waals surface area (Å²) in [5.41, 5.74) is 1.50. The average molecular weight is 516 g/mol. The average Bonchev–Trinajstić information content (AvgIpc) is 3.16. The number of methoxy groups -OCH3 is 2. The zero-order valence-corrected chi connectivity index (χ0v) is 19.6. The van der Waals surface area contributed by atoms with Gasteiger partial charge in [-0.25, -0.2) is 0 Å². The number of aromatic nitrogens is 3. The zero-order chi connectivity index (χ0) is 23.9. The molecular formula is C21H17Cl2F2N3O4S. The Balaban J connectivity index is 2.04. The maximum atomic E-state index is 14.3. The first-order valence-electron chi connectivity index (χ1n) is 9.56. The Morgan fingerprint density at radius 3 is 2.61 bits per heavy atom. The zero-order valence-electron chi connectivity index (χ0n) is 17.3. The molecule has 1 aromatic heterocycles. The predicted molar refractivity (Wildman–Crippen MR) is 120 cm³/mol. The van der Waals surface area contributed by atoms with Crippen molar-refractivity contribution < 1.29 is 28.2 Å². The summed E-state index contributed by atoms with van der Waals surface area (Å²) in [6.45, 7) is 0. The van der Waals surface area contributed by atoms with E-state index in [1.54, 1.807) is 36.4 Å². The number of rotatable bonds is 6. The Labute approximate surface area is 201 Å². The van der Waals surface area contributed by atoms with E-state index in [9.17, 15) is 18.7 Å². The second kappa shape index (κ2) is 9.00. The van der Waals surface area contributed by atoms with Crippen LogP contribution in [-0.4, -0.2) is 40.1 Å². The second-order valence-corrected chi connectivity index (χ2v) is 9.33. The number of ether oxygens (including phenoxy) is 2. The van der Waals surface area contributed by atoms with Crippen molar-refractivity contribution in [3.05, 3.63) is 64.2 Å². The predicted octanol–water partition coefficient (Wildman–Crippen LogP) is 5.58. The highest BCUT2D eigenvalue weighted by Gasteiger charge is 2.42. The van der Waals surface area contributed by atoms with Gasteiger partial charge in [0.25, 0.3) is 0 Å². The molecule has 4 rings (SSSR count). The van der Waals surface area contributed by atoms with Gasteiger partial charge >= 0.3 is 11.4 Å². The van der Waals surface area contributed by atoms with Crippen molar-refractivity contribution in [2.24, 2.45) is 0 Å². The van der Waals surface area contributed by atoms with Crippen LogP contribution in [-0.2, 0) is 10.2 Å². The van der Waals surface area contributed by atoms with Gasteiger partial charge in [0.15, 0.2) is 17.3 Å². The Hall–Kier alpha value is -2.56. The first-order valence-corrected chi connectivity index (χ1v) is 11.3. The van der Waals surface area contributed by atoms with Gasteiger partial charge in [0.1, 0.15) is 0 Å². The smallest absolute Gasteiger partial charge is 0.382 e. The van der Waals surface area contributed by atoms with Gasteiger partial charge < -0.3 is 14.6 Å².